The van der Waals surface area contributed by atoms with Crippen molar-refractivity contribution in [1.82, 2.24) is 4.31 Å². The zero-order valence-corrected chi connectivity index (χ0v) is 13.7. The molecule has 21 heavy (non-hydrogen) atoms. The number of sulfonamides is 1. The van der Waals surface area contributed by atoms with E-state index in [1.807, 2.05) is 12.1 Å². The lowest BCUT2D eigenvalue weighted by Crippen LogP contribution is -2.41. The lowest BCUT2D eigenvalue weighted by Gasteiger charge is -2.36. The number of anilines is 1. The Labute approximate surface area is 127 Å². The highest BCUT2D eigenvalue weighted by Gasteiger charge is 2.34. The summed E-state index contributed by atoms with van der Waals surface area (Å²) in [6.45, 7) is 6.61. The van der Waals surface area contributed by atoms with Gasteiger partial charge in [-0.05, 0) is 48.8 Å². The number of hydrogen-bond acceptors (Lipinski definition) is 3. The third kappa shape index (κ3) is 2.81. The van der Waals surface area contributed by atoms with Gasteiger partial charge in [-0.3, -0.25) is 0 Å². The van der Waals surface area contributed by atoms with Gasteiger partial charge in [0.05, 0.1) is 4.90 Å². The molecule has 2 heterocycles. The van der Waals surface area contributed by atoms with Crippen LogP contribution in [0, 0.1) is 5.41 Å². The molecule has 1 saturated heterocycles. The molecule has 0 atom stereocenters. The molecule has 4 nitrogen and oxygen atoms in total. The Balaban J connectivity index is 1.93. The smallest absolute Gasteiger partial charge is 0.243 e. The number of rotatable bonds is 2. The van der Waals surface area contributed by atoms with Crippen LogP contribution in [0.1, 0.15) is 38.7 Å². The Bertz CT molecular complexity index is 628. The topological polar surface area (TPSA) is 49.4 Å². The second-order valence-electron chi connectivity index (χ2n) is 6.88. The van der Waals surface area contributed by atoms with Crippen LogP contribution in [0.25, 0.3) is 0 Å². The highest BCUT2D eigenvalue weighted by molar-refractivity contribution is 7.89. The first kappa shape index (κ1) is 14.9. The quantitative estimate of drug-likeness (QED) is 0.914. The molecule has 3 rings (SSSR count). The highest BCUT2D eigenvalue weighted by Crippen LogP contribution is 2.35. The van der Waals surface area contributed by atoms with Crippen LogP contribution in [0.5, 0.6) is 0 Å². The summed E-state index contributed by atoms with van der Waals surface area (Å²) in [5.41, 5.74) is 2.21. The van der Waals surface area contributed by atoms with E-state index in [1.54, 1.807) is 10.4 Å². The third-order valence-electron chi connectivity index (χ3n) is 4.75. The minimum absolute atomic E-state index is 0.254. The summed E-state index contributed by atoms with van der Waals surface area (Å²) in [6.07, 6.45) is 3.70. The standard InChI is InChI=1S/C16H24N2O2S/c1-16(2)8-11-18(12-9-16)21(19,20)15-7-3-6-14-13(15)5-4-10-17-14/h3,6-7,17H,4-5,8-12H2,1-2H3. The summed E-state index contributed by atoms with van der Waals surface area (Å²) < 4.78 is 27.6. The van der Waals surface area contributed by atoms with Gasteiger partial charge in [-0.25, -0.2) is 8.42 Å². The third-order valence-corrected chi connectivity index (χ3v) is 6.73. The summed E-state index contributed by atoms with van der Waals surface area (Å²) in [4.78, 5) is 0.506. The Morgan fingerprint density at radius 2 is 1.90 bits per heavy atom. The lowest BCUT2D eigenvalue weighted by molar-refractivity contribution is 0.196. The Morgan fingerprint density at radius 1 is 1.19 bits per heavy atom. The van der Waals surface area contributed by atoms with Gasteiger partial charge in [0.2, 0.25) is 10.0 Å². The molecule has 0 aromatic heterocycles. The first-order valence-electron chi connectivity index (χ1n) is 7.76. The maximum atomic E-state index is 13.0. The molecule has 0 unspecified atom stereocenters. The van der Waals surface area contributed by atoms with Crippen molar-refractivity contribution in [3.8, 4) is 0 Å². The zero-order chi connectivity index (χ0) is 15.1. The van der Waals surface area contributed by atoms with Gasteiger partial charge in [-0.2, -0.15) is 4.31 Å². The van der Waals surface area contributed by atoms with Gasteiger partial charge >= 0.3 is 0 Å². The Morgan fingerprint density at radius 3 is 2.62 bits per heavy atom. The molecule has 2 aliphatic rings. The van der Waals surface area contributed by atoms with E-state index < -0.39 is 10.0 Å². The van der Waals surface area contributed by atoms with Crippen molar-refractivity contribution in [3.05, 3.63) is 23.8 Å². The summed E-state index contributed by atoms with van der Waals surface area (Å²) >= 11 is 0. The molecule has 0 bridgehead atoms. The van der Waals surface area contributed by atoms with Gasteiger partial charge in [0.15, 0.2) is 0 Å². The molecule has 116 valence electrons. The van der Waals surface area contributed by atoms with Crippen LogP contribution in [-0.4, -0.2) is 32.4 Å². The average Bonchev–Trinajstić information content (AvgIpc) is 2.46. The molecule has 0 saturated carbocycles. The van der Waals surface area contributed by atoms with Gasteiger partial charge in [0, 0.05) is 25.3 Å². The van der Waals surface area contributed by atoms with Gasteiger partial charge in [-0.15, -0.1) is 0 Å². The van der Waals surface area contributed by atoms with E-state index in [0.717, 1.165) is 43.5 Å². The molecule has 0 aliphatic carbocycles. The first-order chi connectivity index (χ1) is 9.90. The van der Waals surface area contributed by atoms with E-state index in [0.29, 0.717) is 18.0 Å². The normalized spacial score (nSPS) is 22.4. The SMILES string of the molecule is CC1(C)CCN(S(=O)(=O)c2cccc3c2CCCN3)CC1. The van der Waals surface area contributed by atoms with Crippen LogP contribution < -0.4 is 5.32 Å². The summed E-state index contributed by atoms with van der Waals surface area (Å²) in [5.74, 6) is 0. The molecule has 2 aliphatic heterocycles. The molecule has 0 spiro atoms. The Kier molecular flexibility index (Phi) is 3.74. The van der Waals surface area contributed by atoms with Crippen LogP contribution in [0.2, 0.25) is 0 Å². The number of nitrogens with one attached hydrogen (secondary N) is 1. The van der Waals surface area contributed by atoms with Crippen molar-refractivity contribution < 1.29 is 8.42 Å². The molecule has 1 N–H and O–H groups in total. The van der Waals surface area contributed by atoms with Crippen molar-refractivity contribution in [3.63, 3.8) is 0 Å². The van der Waals surface area contributed by atoms with E-state index in [2.05, 4.69) is 19.2 Å². The molecular formula is C16H24N2O2S. The van der Waals surface area contributed by atoms with Gasteiger partial charge < -0.3 is 5.32 Å². The average molecular weight is 308 g/mol. The minimum Gasteiger partial charge on any atom is -0.385 e. The molecule has 0 radical (unpaired) electrons. The fourth-order valence-corrected chi connectivity index (χ4v) is 4.91. The molecule has 0 amide bonds. The predicted octanol–water partition coefficient (Wildman–Crippen LogP) is 2.86. The molecule has 1 aromatic rings. The van der Waals surface area contributed by atoms with E-state index >= 15 is 0 Å². The van der Waals surface area contributed by atoms with Crippen LogP contribution in [0.15, 0.2) is 23.1 Å². The van der Waals surface area contributed by atoms with Crippen molar-refractivity contribution in [2.75, 3.05) is 25.0 Å². The second-order valence-corrected chi connectivity index (χ2v) is 8.79. The number of fused-ring (bicyclic) bond motifs is 1. The van der Waals surface area contributed by atoms with Gasteiger partial charge in [0.1, 0.15) is 0 Å². The van der Waals surface area contributed by atoms with Crippen molar-refractivity contribution in [2.45, 2.75) is 44.4 Å². The number of piperidine rings is 1. The maximum Gasteiger partial charge on any atom is 0.243 e. The van der Waals surface area contributed by atoms with Crippen LogP contribution in [0.3, 0.4) is 0 Å². The summed E-state index contributed by atoms with van der Waals surface area (Å²) in [6, 6.07) is 5.59. The number of hydrogen-bond donors (Lipinski definition) is 1. The van der Waals surface area contributed by atoms with Crippen molar-refractivity contribution in [2.24, 2.45) is 5.41 Å². The molecule has 5 heteroatoms. The number of benzene rings is 1. The van der Waals surface area contributed by atoms with Gasteiger partial charge in [0.25, 0.3) is 0 Å². The van der Waals surface area contributed by atoms with Crippen molar-refractivity contribution in [1.29, 1.82) is 0 Å². The van der Waals surface area contributed by atoms with Crippen LogP contribution >= 0.6 is 0 Å². The maximum absolute atomic E-state index is 13.0. The summed E-state index contributed by atoms with van der Waals surface area (Å²) in [7, 11) is -3.36. The predicted molar refractivity (Wildman–Crippen MR) is 85.0 cm³/mol. The molecule has 1 fully saturated rings. The fourth-order valence-electron chi connectivity index (χ4n) is 3.19. The fraction of sp³-hybridized carbons (Fsp3) is 0.625. The zero-order valence-electron chi connectivity index (χ0n) is 12.9. The first-order valence-corrected chi connectivity index (χ1v) is 9.20. The Hall–Kier alpha value is -1.07. The van der Waals surface area contributed by atoms with E-state index in [9.17, 15) is 8.42 Å². The van der Waals surface area contributed by atoms with Gasteiger partial charge in [-0.1, -0.05) is 19.9 Å². The minimum atomic E-state index is -3.36. The van der Waals surface area contributed by atoms with E-state index in [4.69, 9.17) is 0 Å². The van der Waals surface area contributed by atoms with Crippen LogP contribution in [-0.2, 0) is 16.4 Å². The summed E-state index contributed by atoms with van der Waals surface area (Å²) in [5, 5.41) is 3.31. The molecule has 1 aromatic carbocycles. The second kappa shape index (κ2) is 5.29. The van der Waals surface area contributed by atoms with E-state index in [1.165, 1.54) is 0 Å². The number of nitrogens with zero attached hydrogens (tertiary/aromatic N) is 1. The van der Waals surface area contributed by atoms with E-state index in [-0.39, 0.29) is 5.41 Å². The molecular weight excluding hydrogens is 284 g/mol. The van der Waals surface area contributed by atoms with Crippen LogP contribution in [0.4, 0.5) is 5.69 Å². The lowest BCUT2D eigenvalue weighted by atomic mass is 9.83. The largest absolute Gasteiger partial charge is 0.385 e. The highest BCUT2D eigenvalue weighted by atomic mass is 32.2. The van der Waals surface area contributed by atoms with Crippen molar-refractivity contribution >= 4 is 15.7 Å². The monoisotopic (exact) mass is 308 g/mol.